The molecule has 1 aliphatic heterocycles. The molecule has 0 spiro atoms. The van der Waals surface area contributed by atoms with Gasteiger partial charge in [-0.25, -0.2) is 5.43 Å². The van der Waals surface area contributed by atoms with Crippen molar-refractivity contribution in [1.82, 2.24) is 21.2 Å². The van der Waals surface area contributed by atoms with E-state index in [2.05, 4.69) is 26.6 Å². The molecular formula is C6H9N5. The predicted molar refractivity (Wildman–Crippen MR) is 40.5 cm³/mol. The molecule has 0 aliphatic carbocycles. The second kappa shape index (κ2) is 2.81. The Balaban J connectivity index is 2.33. The number of hydrazine groups is 2. The van der Waals surface area contributed by atoms with Crippen molar-refractivity contribution in [1.29, 1.82) is 0 Å². The van der Waals surface area contributed by atoms with E-state index in [0.717, 1.165) is 24.3 Å². The lowest BCUT2D eigenvalue weighted by atomic mass is 10.2. The van der Waals surface area contributed by atoms with Crippen LogP contribution in [0.15, 0.2) is 12.3 Å². The molecule has 2 rings (SSSR count). The molecule has 0 fully saturated rings. The standard InChI is InChI=1S/C6H9N5/c1-3-7-9-5-2-4-8-11-10-6(1)5/h1,3,8,10-11H,2,4H2. The van der Waals surface area contributed by atoms with E-state index in [1.54, 1.807) is 6.20 Å². The van der Waals surface area contributed by atoms with Crippen LogP contribution in [0.1, 0.15) is 5.69 Å². The summed E-state index contributed by atoms with van der Waals surface area (Å²) in [4.78, 5) is 0. The second-order valence-corrected chi connectivity index (χ2v) is 2.32. The average molecular weight is 151 g/mol. The molecule has 5 heteroatoms. The fourth-order valence-corrected chi connectivity index (χ4v) is 1.01. The first kappa shape index (κ1) is 6.51. The Hall–Kier alpha value is -1.20. The fourth-order valence-electron chi connectivity index (χ4n) is 1.01. The summed E-state index contributed by atoms with van der Waals surface area (Å²) in [5.74, 6) is 0. The van der Waals surface area contributed by atoms with Gasteiger partial charge in [-0.15, -0.1) is 0 Å². The van der Waals surface area contributed by atoms with Crippen LogP contribution in [0.5, 0.6) is 0 Å². The zero-order valence-corrected chi connectivity index (χ0v) is 5.96. The molecule has 0 atom stereocenters. The third-order valence-corrected chi connectivity index (χ3v) is 1.57. The molecule has 0 aromatic carbocycles. The van der Waals surface area contributed by atoms with Gasteiger partial charge in [0, 0.05) is 13.0 Å². The van der Waals surface area contributed by atoms with Crippen molar-refractivity contribution in [3.8, 4) is 0 Å². The van der Waals surface area contributed by atoms with E-state index in [9.17, 15) is 0 Å². The van der Waals surface area contributed by atoms with Crippen molar-refractivity contribution >= 4 is 5.69 Å². The van der Waals surface area contributed by atoms with Gasteiger partial charge >= 0.3 is 0 Å². The first-order valence-electron chi connectivity index (χ1n) is 3.51. The number of aromatic nitrogens is 2. The molecule has 58 valence electrons. The SMILES string of the molecule is c1cc2c(nn1)CCNNN2. The highest BCUT2D eigenvalue weighted by Crippen LogP contribution is 2.10. The van der Waals surface area contributed by atoms with Crippen LogP contribution < -0.4 is 16.4 Å². The van der Waals surface area contributed by atoms with E-state index in [1.807, 2.05) is 6.07 Å². The number of hydrogen-bond acceptors (Lipinski definition) is 5. The van der Waals surface area contributed by atoms with Gasteiger partial charge in [-0.05, 0) is 6.07 Å². The van der Waals surface area contributed by atoms with Crippen LogP contribution in [-0.4, -0.2) is 16.7 Å². The van der Waals surface area contributed by atoms with E-state index in [-0.39, 0.29) is 0 Å². The third kappa shape index (κ3) is 1.28. The second-order valence-electron chi connectivity index (χ2n) is 2.32. The minimum atomic E-state index is 0.860. The Morgan fingerprint density at radius 1 is 1.45 bits per heavy atom. The van der Waals surface area contributed by atoms with Gasteiger partial charge in [0.2, 0.25) is 0 Å². The van der Waals surface area contributed by atoms with Crippen molar-refractivity contribution in [2.45, 2.75) is 6.42 Å². The molecule has 1 aliphatic rings. The lowest BCUT2D eigenvalue weighted by molar-refractivity contribution is 0.604. The molecule has 0 radical (unpaired) electrons. The Bertz CT molecular complexity index is 223. The summed E-state index contributed by atoms with van der Waals surface area (Å²) in [6.07, 6.45) is 2.56. The highest BCUT2D eigenvalue weighted by Gasteiger charge is 2.05. The Kier molecular flexibility index (Phi) is 1.66. The minimum absolute atomic E-state index is 0.860. The third-order valence-electron chi connectivity index (χ3n) is 1.57. The maximum atomic E-state index is 3.99. The summed E-state index contributed by atoms with van der Waals surface area (Å²) < 4.78 is 0. The highest BCUT2D eigenvalue weighted by molar-refractivity contribution is 5.45. The van der Waals surface area contributed by atoms with E-state index in [4.69, 9.17) is 0 Å². The van der Waals surface area contributed by atoms with Crippen LogP contribution in [0.4, 0.5) is 5.69 Å². The Morgan fingerprint density at radius 2 is 2.45 bits per heavy atom. The first-order valence-corrected chi connectivity index (χ1v) is 3.51. The van der Waals surface area contributed by atoms with Gasteiger partial charge < -0.3 is 5.43 Å². The summed E-state index contributed by atoms with van der Waals surface area (Å²) >= 11 is 0. The Morgan fingerprint density at radius 3 is 3.45 bits per heavy atom. The molecule has 2 heterocycles. The first-order chi connectivity index (χ1) is 5.47. The number of nitrogens with zero attached hydrogens (tertiary/aromatic N) is 2. The molecule has 0 amide bonds. The number of hydrogen-bond donors (Lipinski definition) is 3. The van der Waals surface area contributed by atoms with E-state index >= 15 is 0 Å². The molecule has 0 bridgehead atoms. The maximum Gasteiger partial charge on any atom is 0.0888 e. The van der Waals surface area contributed by atoms with E-state index < -0.39 is 0 Å². The molecule has 1 aromatic rings. The number of fused-ring (bicyclic) bond motifs is 1. The average Bonchev–Trinajstić information content (AvgIpc) is 2.28. The van der Waals surface area contributed by atoms with Gasteiger partial charge in [-0.1, -0.05) is 0 Å². The summed E-state index contributed by atoms with van der Waals surface area (Å²) in [5.41, 5.74) is 10.7. The van der Waals surface area contributed by atoms with Crippen LogP contribution in [-0.2, 0) is 6.42 Å². The number of rotatable bonds is 0. The molecule has 5 nitrogen and oxygen atoms in total. The topological polar surface area (TPSA) is 61.9 Å². The van der Waals surface area contributed by atoms with E-state index in [1.165, 1.54) is 0 Å². The summed E-state index contributed by atoms with van der Waals surface area (Å²) in [5, 5.41) is 7.78. The lowest BCUT2D eigenvalue weighted by Gasteiger charge is -2.03. The van der Waals surface area contributed by atoms with Crippen LogP contribution >= 0.6 is 0 Å². The fraction of sp³-hybridized carbons (Fsp3) is 0.333. The molecule has 0 saturated heterocycles. The molecule has 0 unspecified atom stereocenters. The number of anilines is 1. The van der Waals surface area contributed by atoms with Gasteiger partial charge in [0.25, 0.3) is 0 Å². The molecule has 11 heavy (non-hydrogen) atoms. The van der Waals surface area contributed by atoms with Crippen LogP contribution in [0, 0.1) is 0 Å². The number of nitrogens with one attached hydrogen (secondary N) is 3. The van der Waals surface area contributed by atoms with Gasteiger partial charge in [0.1, 0.15) is 0 Å². The normalized spacial score (nSPS) is 16.4. The monoisotopic (exact) mass is 151 g/mol. The lowest BCUT2D eigenvalue weighted by Crippen LogP contribution is -2.35. The van der Waals surface area contributed by atoms with Crippen LogP contribution in [0.3, 0.4) is 0 Å². The van der Waals surface area contributed by atoms with Gasteiger partial charge in [0.05, 0.1) is 17.6 Å². The van der Waals surface area contributed by atoms with Crippen LogP contribution in [0.25, 0.3) is 0 Å². The van der Waals surface area contributed by atoms with Crippen molar-refractivity contribution in [3.63, 3.8) is 0 Å². The van der Waals surface area contributed by atoms with Crippen molar-refractivity contribution < 1.29 is 0 Å². The molecule has 0 saturated carbocycles. The summed E-state index contributed by atoms with van der Waals surface area (Å²) in [6, 6.07) is 1.89. The van der Waals surface area contributed by atoms with E-state index in [0.29, 0.717) is 0 Å². The van der Waals surface area contributed by atoms with Crippen LogP contribution in [0.2, 0.25) is 0 Å². The van der Waals surface area contributed by atoms with Crippen molar-refractivity contribution in [2.24, 2.45) is 0 Å². The van der Waals surface area contributed by atoms with Gasteiger partial charge in [-0.2, -0.15) is 15.7 Å². The largest absolute Gasteiger partial charge is 0.306 e. The summed E-state index contributed by atoms with van der Waals surface area (Å²) in [6.45, 7) is 0.860. The quantitative estimate of drug-likeness (QED) is 0.464. The highest BCUT2D eigenvalue weighted by atomic mass is 15.6. The van der Waals surface area contributed by atoms with Gasteiger partial charge in [0.15, 0.2) is 0 Å². The Labute approximate surface area is 64.2 Å². The van der Waals surface area contributed by atoms with Gasteiger partial charge in [-0.3, -0.25) is 0 Å². The molecular weight excluding hydrogens is 142 g/mol. The zero-order chi connectivity index (χ0) is 7.52. The van der Waals surface area contributed by atoms with Crippen molar-refractivity contribution in [2.75, 3.05) is 12.0 Å². The smallest absolute Gasteiger partial charge is 0.0888 e. The summed E-state index contributed by atoms with van der Waals surface area (Å²) in [7, 11) is 0. The zero-order valence-electron chi connectivity index (χ0n) is 5.96. The minimum Gasteiger partial charge on any atom is -0.306 e. The van der Waals surface area contributed by atoms with Crippen molar-refractivity contribution in [3.05, 3.63) is 18.0 Å². The maximum absolute atomic E-state index is 3.99. The predicted octanol–water partition coefficient (Wildman–Crippen LogP) is -0.546. The molecule has 3 N–H and O–H groups in total. The molecule has 1 aromatic heterocycles.